The molecule has 1 aromatic carbocycles. The summed E-state index contributed by atoms with van der Waals surface area (Å²) < 4.78 is 1.35. The zero-order valence-electron chi connectivity index (χ0n) is 10.7. The summed E-state index contributed by atoms with van der Waals surface area (Å²) in [7, 11) is 0. The molecule has 0 unspecified atom stereocenters. The Labute approximate surface area is 103 Å². The van der Waals surface area contributed by atoms with Gasteiger partial charge < -0.3 is 0 Å². The first kappa shape index (κ1) is 12.8. The molecule has 0 N–H and O–H groups in total. The van der Waals surface area contributed by atoms with Crippen LogP contribution in [0.3, 0.4) is 0 Å². The van der Waals surface area contributed by atoms with Crippen LogP contribution in [-0.2, 0) is 10.8 Å². The summed E-state index contributed by atoms with van der Waals surface area (Å²) in [5.74, 6) is 0. The Kier molecular flexibility index (Phi) is 3.41. The minimum absolute atomic E-state index is 0.214. The van der Waals surface area contributed by atoms with E-state index in [0.29, 0.717) is 0 Å². The molecular weight excluding hydrogens is 243 g/mol. The molecule has 0 aliphatic rings. The molecule has 1 aromatic rings. The van der Waals surface area contributed by atoms with Gasteiger partial charge in [-0.25, -0.2) is 0 Å². The molecule has 82 valence electrons. The van der Waals surface area contributed by atoms with Gasteiger partial charge in [0.05, 0.1) is 0 Å². The van der Waals surface area contributed by atoms with Crippen molar-refractivity contribution in [3.8, 4) is 0 Å². The van der Waals surface area contributed by atoms with Crippen LogP contribution in [0.15, 0.2) is 18.2 Å². The third-order valence-electron chi connectivity index (χ3n) is 2.60. The number of hydrogen-bond acceptors (Lipinski definition) is 0. The number of benzene rings is 1. The average molecular weight is 264 g/mol. The van der Waals surface area contributed by atoms with Gasteiger partial charge in [-0.2, -0.15) is 0 Å². The normalized spacial score (nSPS) is 13.0. The van der Waals surface area contributed by atoms with Crippen molar-refractivity contribution >= 4 is 21.2 Å². The van der Waals surface area contributed by atoms with Crippen LogP contribution >= 0.6 is 0 Å². The summed E-state index contributed by atoms with van der Waals surface area (Å²) in [6.45, 7) is 13.7. The van der Waals surface area contributed by atoms with Crippen LogP contribution in [0.25, 0.3) is 0 Å². The van der Waals surface area contributed by atoms with Gasteiger partial charge in [0.2, 0.25) is 0 Å². The van der Waals surface area contributed by atoms with Crippen molar-refractivity contribution in [1.29, 1.82) is 0 Å². The van der Waals surface area contributed by atoms with Gasteiger partial charge in [0.15, 0.2) is 0 Å². The molecule has 0 saturated carbocycles. The van der Waals surface area contributed by atoms with E-state index in [1.54, 1.807) is 0 Å². The fraction of sp³-hybridized carbons (Fsp3) is 0.571. The van der Waals surface area contributed by atoms with Crippen LogP contribution in [-0.4, -0.2) is 16.9 Å². The second-order valence-electron chi connectivity index (χ2n) is 6.20. The van der Waals surface area contributed by atoms with Crippen molar-refractivity contribution in [2.45, 2.75) is 52.4 Å². The molecule has 0 saturated heterocycles. The zero-order valence-corrected chi connectivity index (χ0v) is 12.6. The molecule has 1 rings (SSSR count). The Balaban J connectivity index is 3.48. The zero-order chi connectivity index (χ0) is 11.9. The Morgan fingerprint density at radius 3 is 1.73 bits per heavy atom. The predicted octanol–water partition coefficient (Wildman–Crippen LogP) is 3.08. The van der Waals surface area contributed by atoms with Gasteiger partial charge in [0.25, 0.3) is 0 Å². The molecule has 0 fully saturated rings. The summed E-state index contributed by atoms with van der Waals surface area (Å²) in [4.78, 5) is 0. The minimum atomic E-state index is 0.214. The maximum atomic E-state index is 2.70. The average Bonchev–Trinajstić information content (AvgIpc) is 1.99. The summed E-state index contributed by atoms with van der Waals surface area (Å²) in [5, 5.41) is 0. The van der Waals surface area contributed by atoms with Crippen molar-refractivity contribution in [2.75, 3.05) is 0 Å². The molecule has 0 aliphatic heterocycles. The summed E-state index contributed by atoms with van der Waals surface area (Å²) in [5.41, 5.74) is 3.38. The van der Waals surface area contributed by atoms with Gasteiger partial charge in [-0.15, -0.1) is 0 Å². The van der Waals surface area contributed by atoms with Gasteiger partial charge in [-0.1, -0.05) is 0 Å². The summed E-state index contributed by atoms with van der Waals surface area (Å²) in [6.07, 6.45) is 0. The van der Waals surface area contributed by atoms with Crippen LogP contribution in [0.2, 0.25) is 0 Å². The van der Waals surface area contributed by atoms with Gasteiger partial charge in [-0.05, 0) is 0 Å². The van der Waals surface area contributed by atoms with Gasteiger partial charge >= 0.3 is 103 Å². The van der Waals surface area contributed by atoms with Crippen molar-refractivity contribution in [3.63, 3.8) is 0 Å². The van der Waals surface area contributed by atoms with E-state index in [9.17, 15) is 0 Å². The SMILES string of the molecule is CC(C)(C)c1cccc([As])c1C(C)(C)C. The molecule has 2 radical (unpaired) electrons. The van der Waals surface area contributed by atoms with E-state index >= 15 is 0 Å². The Morgan fingerprint density at radius 1 is 0.867 bits per heavy atom. The quantitative estimate of drug-likeness (QED) is 0.632. The molecule has 0 aliphatic carbocycles. The molecule has 0 heterocycles. The first-order valence-corrected chi connectivity index (χ1v) is 6.41. The van der Waals surface area contributed by atoms with Gasteiger partial charge in [0.1, 0.15) is 0 Å². The van der Waals surface area contributed by atoms with Gasteiger partial charge in [0, 0.05) is 0 Å². The second kappa shape index (κ2) is 3.98. The Hall–Kier alpha value is -0.222. The van der Waals surface area contributed by atoms with E-state index in [-0.39, 0.29) is 10.8 Å². The van der Waals surface area contributed by atoms with Crippen LogP contribution in [0, 0.1) is 0 Å². The monoisotopic (exact) mass is 264 g/mol. The van der Waals surface area contributed by atoms with Crippen molar-refractivity contribution < 1.29 is 0 Å². The van der Waals surface area contributed by atoms with E-state index in [4.69, 9.17) is 0 Å². The maximum absolute atomic E-state index is 2.70. The molecular formula is C14H21As. The van der Waals surface area contributed by atoms with Crippen molar-refractivity contribution in [2.24, 2.45) is 0 Å². The van der Waals surface area contributed by atoms with Crippen LogP contribution in [0.5, 0.6) is 0 Å². The Morgan fingerprint density at radius 2 is 1.40 bits per heavy atom. The van der Waals surface area contributed by atoms with E-state index in [2.05, 4.69) is 76.6 Å². The summed E-state index contributed by atoms with van der Waals surface area (Å²) in [6, 6.07) is 6.61. The van der Waals surface area contributed by atoms with E-state index in [0.717, 1.165) is 0 Å². The molecule has 0 nitrogen and oxygen atoms in total. The first-order chi connectivity index (χ1) is 6.64. The molecule has 0 spiro atoms. The molecule has 0 bridgehead atoms. The van der Waals surface area contributed by atoms with Crippen LogP contribution in [0.1, 0.15) is 52.7 Å². The van der Waals surface area contributed by atoms with E-state index in [1.807, 2.05) is 0 Å². The van der Waals surface area contributed by atoms with E-state index in [1.165, 1.54) is 15.5 Å². The van der Waals surface area contributed by atoms with Crippen LogP contribution < -0.4 is 4.35 Å². The fourth-order valence-electron chi connectivity index (χ4n) is 1.95. The van der Waals surface area contributed by atoms with Crippen molar-refractivity contribution in [1.82, 2.24) is 0 Å². The Bertz CT molecular complexity index is 351. The van der Waals surface area contributed by atoms with Gasteiger partial charge in [-0.3, -0.25) is 0 Å². The molecule has 1 heteroatoms. The van der Waals surface area contributed by atoms with E-state index < -0.39 is 0 Å². The summed E-state index contributed by atoms with van der Waals surface area (Å²) >= 11 is 2.70. The topological polar surface area (TPSA) is 0 Å². The molecule has 0 aromatic heterocycles. The molecule has 0 amide bonds. The number of rotatable bonds is 0. The molecule has 0 atom stereocenters. The fourth-order valence-corrected chi connectivity index (χ4v) is 3.09. The van der Waals surface area contributed by atoms with Crippen molar-refractivity contribution in [3.05, 3.63) is 29.3 Å². The number of hydrogen-bond donors (Lipinski definition) is 0. The predicted molar refractivity (Wildman–Crippen MR) is 69.2 cm³/mol. The third kappa shape index (κ3) is 2.88. The standard InChI is InChI=1S/C14H21As/c1-13(2,3)10-8-7-9-11(15)12(10)14(4,5)6/h7-9H,1-6H3. The first-order valence-electron chi connectivity index (χ1n) is 5.47. The second-order valence-corrected chi connectivity index (χ2v) is 7.21. The third-order valence-corrected chi connectivity index (χ3v) is 3.38. The molecule has 15 heavy (non-hydrogen) atoms. The van der Waals surface area contributed by atoms with Crippen LogP contribution in [0.4, 0.5) is 0 Å².